The summed E-state index contributed by atoms with van der Waals surface area (Å²) in [6, 6.07) is 21.3. The molecule has 3 N–H and O–H groups in total. The van der Waals surface area contributed by atoms with E-state index < -0.39 is 0 Å². The Balaban J connectivity index is 1.96. The number of hydrogen-bond donors (Lipinski definition) is 2. The van der Waals surface area contributed by atoms with Gasteiger partial charge in [0.25, 0.3) is 0 Å². The van der Waals surface area contributed by atoms with Crippen LogP contribution in [0.2, 0.25) is 0 Å². The molecule has 0 atom stereocenters. The number of ether oxygens (including phenoxy) is 1. The van der Waals surface area contributed by atoms with Gasteiger partial charge in [0, 0.05) is 27.9 Å². The molecule has 4 heteroatoms. The molecule has 0 bridgehead atoms. The summed E-state index contributed by atoms with van der Waals surface area (Å²) in [7, 11) is 1.59. The maximum Gasteiger partial charge on any atom is 0.193 e. The number of nitrogen functional groups attached to an aromatic ring is 1. The molecule has 0 saturated heterocycles. The molecule has 0 aliphatic heterocycles. The van der Waals surface area contributed by atoms with Crippen LogP contribution in [0.25, 0.3) is 0 Å². The molecule has 4 nitrogen and oxygen atoms in total. The number of hydrogen-bond acceptors (Lipinski definition) is 4. The molecule has 3 rings (SSSR count). The molecule has 0 aliphatic rings. The number of benzene rings is 3. The Morgan fingerprint density at radius 2 is 1.52 bits per heavy atom. The summed E-state index contributed by atoms with van der Waals surface area (Å²) in [5.41, 5.74) is 9.13. The second-order valence-electron chi connectivity index (χ2n) is 5.60. The van der Waals surface area contributed by atoms with E-state index in [1.54, 1.807) is 61.7 Å². The van der Waals surface area contributed by atoms with Crippen molar-refractivity contribution in [2.45, 2.75) is 0 Å². The van der Waals surface area contributed by atoms with E-state index in [2.05, 4.69) is 0 Å². The highest BCUT2D eigenvalue weighted by Gasteiger charge is 2.14. The highest BCUT2D eigenvalue weighted by atomic mass is 16.5. The molecular formula is C21H18N2O2. The second kappa shape index (κ2) is 7.01. The van der Waals surface area contributed by atoms with Crippen LogP contribution in [-0.2, 0) is 0 Å². The van der Waals surface area contributed by atoms with Crippen molar-refractivity contribution in [2.24, 2.45) is 0 Å². The SMILES string of the molecule is COc1ccc(C(=N)c2cc(C(=O)c3ccccc3)ccc2N)cc1. The standard InChI is InChI=1S/C21H18N2O2/c1-25-17-10-7-14(8-11-17)20(23)18-13-16(9-12-19(18)22)21(24)15-5-3-2-4-6-15/h2-13,23H,22H2,1H3. The topological polar surface area (TPSA) is 76.2 Å². The van der Waals surface area contributed by atoms with Crippen molar-refractivity contribution in [3.63, 3.8) is 0 Å². The predicted octanol–water partition coefficient (Wildman–Crippen LogP) is 3.92. The molecule has 0 spiro atoms. The van der Waals surface area contributed by atoms with E-state index in [0.717, 1.165) is 5.75 Å². The van der Waals surface area contributed by atoms with E-state index in [4.69, 9.17) is 15.9 Å². The molecule has 25 heavy (non-hydrogen) atoms. The van der Waals surface area contributed by atoms with E-state index in [0.29, 0.717) is 27.9 Å². The molecule has 0 saturated carbocycles. The van der Waals surface area contributed by atoms with Crippen LogP contribution in [0.5, 0.6) is 5.75 Å². The van der Waals surface area contributed by atoms with E-state index in [9.17, 15) is 4.79 Å². The third-order valence-electron chi connectivity index (χ3n) is 4.00. The minimum Gasteiger partial charge on any atom is -0.497 e. The van der Waals surface area contributed by atoms with Crippen molar-refractivity contribution in [3.8, 4) is 5.75 Å². The van der Waals surface area contributed by atoms with Gasteiger partial charge in [0.15, 0.2) is 5.78 Å². The van der Waals surface area contributed by atoms with E-state index >= 15 is 0 Å². The van der Waals surface area contributed by atoms with Crippen molar-refractivity contribution in [1.29, 1.82) is 5.41 Å². The highest BCUT2D eigenvalue weighted by Crippen LogP contribution is 2.22. The normalized spacial score (nSPS) is 10.3. The average molecular weight is 330 g/mol. The number of methoxy groups -OCH3 is 1. The van der Waals surface area contributed by atoms with E-state index in [-0.39, 0.29) is 11.5 Å². The summed E-state index contributed by atoms with van der Waals surface area (Å²) in [5, 5.41) is 8.45. The molecule has 3 aromatic rings. The number of rotatable bonds is 5. The molecular weight excluding hydrogens is 312 g/mol. The third-order valence-corrected chi connectivity index (χ3v) is 4.00. The van der Waals surface area contributed by atoms with Gasteiger partial charge in [0.1, 0.15) is 5.75 Å². The van der Waals surface area contributed by atoms with Gasteiger partial charge in [-0.15, -0.1) is 0 Å². The van der Waals surface area contributed by atoms with Gasteiger partial charge in [-0.2, -0.15) is 0 Å². The quantitative estimate of drug-likeness (QED) is 0.423. The fraction of sp³-hybridized carbons (Fsp3) is 0.0476. The van der Waals surface area contributed by atoms with E-state index in [1.807, 2.05) is 18.2 Å². The number of anilines is 1. The minimum atomic E-state index is -0.0932. The summed E-state index contributed by atoms with van der Waals surface area (Å²) in [6.45, 7) is 0. The Morgan fingerprint density at radius 1 is 0.880 bits per heavy atom. The number of nitrogens with one attached hydrogen (secondary N) is 1. The number of carbonyl (C=O) groups is 1. The largest absolute Gasteiger partial charge is 0.497 e. The Bertz CT molecular complexity index is 916. The first-order valence-corrected chi connectivity index (χ1v) is 7.83. The van der Waals surface area contributed by atoms with Crippen molar-refractivity contribution < 1.29 is 9.53 Å². The molecule has 0 aromatic heterocycles. The fourth-order valence-electron chi connectivity index (χ4n) is 2.58. The summed E-state index contributed by atoms with van der Waals surface area (Å²) in [4.78, 5) is 12.6. The molecule has 0 aliphatic carbocycles. The van der Waals surface area contributed by atoms with Gasteiger partial charge < -0.3 is 10.5 Å². The van der Waals surface area contributed by atoms with Crippen molar-refractivity contribution in [3.05, 3.63) is 95.1 Å². The summed E-state index contributed by atoms with van der Waals surface area (Å²) < 4.78 is 5.14. The molecule has 0 radical (unpaired) electrons. The molecule has 0 unspecified atom stereocenters. The van der Waals surface area contributed by atoms with Crippen LogP contribution < -0.4 is 10.5 Å². The Kier molecular flexibility index (Phi) is 4.61. The number of carbonyl (C=O) groups excluding carboxylic acids is 1. The first-order valence-electron chi connectivity index (χ1n) is 7.83. The molecule has 3 aromatic carbocycles. The van der Waals surface area contributed by atoms with Gasteiger partial charge in [-0.25, -0.2) is 0 Å². The summed E-state index contributed by atoms with van der Waals surface area (Å²) in [6.07, 6.45) is 0. The predicted molar refractivity (Wildman–Crippen MR) is 99.7 cm³/mol. The Hall–Kier alpha value is -3.40. The maximum absolute atomic E-state index is 12.6. The lowest BCUT2D eigenvalue weighted by atomic mass is 9.95. The third kappa shape index (κ3) is 3.43. The average Bonchev–Trinajstić information content (AvgIpc) is 2.68. The minimum absolute atomic E-state index is 0.0932. The lowest BCUT2D eigenvalue weighted by Crippen LogP contribution is -2.09. The van der Waals surface area contributed by atoms with Gasteiger partial charge >= 0.3 is 0 Å². The first-order chi connectivity index (χ1) is 12.1. The zero-order valence-corrected chi connectivity index (χ0v) is 13.8. The van der Waals surface area contributed by atoms with Crippen molar-refractivity contribution in [2.75, 3.05) is 12.8 Å². The number of ketones is 1. The lowest BCUT2D eigenvalue weighted by Gasteiger charge is -2.11. The van der Waals surface area contributed by atoms with Gasteiger partial charge in [-0.3, -0.25) is 10.2 Å². The van der Waals surface area contributed by atoms with Gasteiger partial charge in [-0.1, -0.05) is 30.3 Å². The molecule has 0 heterocycles. The lowest BCUT2D eigenvalue weighted by molar-refractivity contribution is 0.103. The fourth-order valence-corrected chi connectivity index (χ4v) is 2.58. The molecule has 0 amide bonds. The van der Waals surface area contributed by atoms with Crippen LogP contribution in [0.1, 0.15) is 27.0 Å². The van der Waals surface area contributed by atoms with Gasteiger partial charge in [0.05, 0.1) is 12.8 Å². The Morgan fingerprint density at radius 3 is 2.16 bits per heavy atom. The van der Waals surface area contributed by atoms with Crippen LogP contribution in [-0.4, -0.2) is 18.6 Å². The van der Waals surface area contributed by atoms with Crippen molar-refractivity contribution in [1.82, 2.24) is 0 Å². The maximum atomic E-state index is 12.6. The van der Waals surface area contributed by atoms with Crippen LogP contribution >= 0.6 is 0 Å². The summed E-state index contributed by atoms with van der Waals surface area (Å²) >= 11 is 0. The van der Waals surface area contributed by atoms with Crippen LogP contribution in [0.3, 0.4) is 0 Å². The monoisotopic (exact) mass is 330 g/mol. The van der Waals surface area contributed by atoms with Gasteiger partial charge in [-0.05, 0) is 42.5 Å². The smallest absolute Gasteiger partial charge is 0.193 e. The number of nitrogens with two attached hydrogens (primary N) is 1. The van der Waals surface area contributed by atoms with Crippen LogP contribution in [0.15, 0.2) is 72.8 Å². The highest BCUT2D eigenvalue weighted by molar-refractivity contribution is 6.16. The first kappa shape index (κ1) is 16.5. The molecule has 124 valence electrons. The zero-order chi connectivity index (χ0) is 17.8. The second-order valence-corrected chi connectivity index (χ2v) is 5.60. The molecule has 0 fully saturated rings. The van der Waals surface area contributed by atoms with E-state index in [1.165, 1.54) is 0 Å². The summed E-state index contributed by atoms with van der Waals surface area (Å²) in [5.74, 6) is 0.627. The van der Waals surface area contributed by atoms with Gasteiger partial charge in [0.2, 0.25) is 0 Å². The van der Waals surface area contributed by atoms with Crippen LogP contribution in [0.4, 0.5) is 5.69 Å². The Labute approximate surface area is 146 Å². The van der Waals surface area contributed by atoms with Crippen LogP contribution in [0, 0.1) is 5.41 Å². The van der Waals surface area contributed by atoms with Crippen molar-refractivity contribution >= 4 is 17.2 Å². The zero-order valence-electron chi connectivity index (χ0n) is 13.8.